The molecular weight excluding hydrogens is 388 g/mol. The Hall–Kier alpha value is -3.19. The van der Waals surface area contributed by atoms with Crippen LogP contribution in [0.25, 0.3) is 27.0 Å². The van der Waals surface area contributed by atoms with Crippen molar-refractivity contribution in [2.45, 2.75) is 19.8 Å². The highest BCUT2D eigenvalue weighted by Crippen LogP contribution is 2.34. The van der Waals surface area contributed by atoms with Crippen LogP contribution in [0, 0.1) is 0 Å². The van der Waals surface area contributed by atoms with Crippen LogP contribution in [0.1, 0.15) is 25.5 Å². The third kappa shape index (κ3) is 3.49. The molecule has 0 aliphatic heterocycles. The molecule has 0 N–H and O–H groups in total. The maximum absolute atomic E-state index is 12.8. The van der Waals surface area contributed by atoms with Crippen LogP contribution in [0.3, 0.4) is 0 Å². The molecule has 0 aliphatic rings. The Morgan fingerprint density at radius 1 is 1.03 bits per heavy atom. The summed E-state index contributed by atoms with van der Waals surface area (Å²) in [7, 11) is 0. The molecule has 0 atom stereocenters. The van der Waals surface area contributed by atoms with Crippen LogP contribution in [0.5, 0.6) is 0 Å². The van der Waals surface area contributed by atoms with E-state index in [2.05, 4.69) is 0 Å². The topological polar surface area (TPSA) is 69.9 Å². The molecule has 148 valence electrons. The van der Waals surface area contributed by atoms with Crippen molar-refractivity contribution < 1.29 is 19.1 Å². The summed E-state index contributed by atoms with van der Waals surface area (Å²) in [6.07, 6.45) is 1.80. The van der Waals surface area contributed by atoms with Gasteiger partial charge in [-0.3, -0.25) is 14.0 Å². The Kier molecular flexibility index (Phi) is 5.31. The molecule has 0 bridgehead atoms. The van der Waals surface area contributed by atoms with E-state index in [1.165, 1.54) is 11.3 Å². The van der Waals surface area contributed by atoms with Gasteiger partial charge < -0.3 is 9.47 Å². The van der Waals surface area contributed by atoms with E-state index in [4.69, 9.17) is 14.5 Å². The van der Waals surface area contributed by atoms with E-state index < -0.39 is 17.9 Å². The van der Waals surface area contributed by atoms with Crippen molar-refractivity contribution in [3.8, 4) is 11.3 Å². The van der Waals surface area contributed by atoms with Crippen LogP contribution >= 0.6 is 11.3 Å². The predicted octanol–water partition coefficient (Wildman–Crippen LogP) is 4.43. The van der Waals surface area contributed by atoms with Crippen LogP contribution in [-0.4, -0.2) is 34.5 Å². The summed E-state index contributed by atoms with van der Waals surface area (Å²) < 4.78 is 12.2. The number of thiazole rings is 1. The molecule has 0 amide bonds. The number of ether oxygens (including phenoxy) is 2. The summed E-state index contributed by atoms with van der Waals surface area (Å²) in [5, 5.41) is 4.02. The molecule has 0 spiro atoms. The SMILES string of the molecule is CCOC(=O)C(C(=O)OCC)c1c(-c2ccc3ccccc3c2)nc2sccn12. The highest BCUT2D eigenvalue weighted by atomic mass is 32.1. The lowest BCUT2D eigenvalue weighted by Crippen LogP contribution is -2.27. The summed E-state index contributed by atoms with van der Waals surface area (Å²) in [5.74, 6) is -2.48. The highest BCUT2D eigenvalue weighted by molar-refractivity contribution is 7.15. The van der Waals surface area contributed by atoms with Crippen LogP contribution in [-0.2, 0) is 19.1 Å². The minimum atomic E-state index is -1.21. The number of esters is 2. The number of fused-ring (bicyclic) bond motifs is 2. The van der Waals surface area contributed by atoms with Crippen molar-refractivity contribution in [2.75, 3.05) is 13.2 Å². The molecular formula is C22H20N2O4S. The summed E-state index contributed by atoms with van der Waals surface area (Å²) >= 11 is 1.44. The van der Waals surface area contributed by atoms with Gasteiger partial charge in [-0.2, -0.15) is 0 Å². The van der Waals surface area contributed by atoms with Gasteiger partial charge in [0.05, 0.1) is 24.6 Å². The van der Waals surface area contributed by atoms with Crippen molar-refractivity contribution in [1.29, 1.82) is 0 Å². The smallest absolute Gasteiger partial charge is 0.326 e. The molecule has 6 nitrogen and oxygen atoms in total. The Morgan fingerprint density at radius 3 is 2.41 bits per heavy atom. The first-order chi connectivity index (χ1) is 14.1. The fourth-order valence-electron chi connectivity index (χ4n) is 3.40. The van der Waals surface area contributed by atoms with Crippen molar-refractivity contribution in [3.05, 3.63) is 59.7 Å². The van der Waals surface area contributed by atoms with Gasteiger partial charge in [0.2, 0.25) is 0 Å². The number of hydrogen-bond donors (Lipinski definition) is 0. The van der Waals surface area contributed by atoms with Gasteiger partial charge in [-0.25, -0.2) is 4.98 Å². The normalized spacial score (nSPS) is 11.3. The lowest BCUT2D eigenvalue weighted by atomic mass is 9.98. The van der Waals surface area contributed by atoms with E-state index in [1.54, 1.807) is 24.4 Å². The largest absolute Gasteiger partial charge is 0.465 e. The van der Waals surface area contributed by atoms with Gasteiger partial charge in [-0.05, 0) is 30.7 Å². The highest BCUT2D eigenvalue weighted by Gasteiger charge is 2.37. The average molecular weight is 408 g/mol. The van der Waals surface area contributed by atoms with Gasteiger partial charge in [-0.15, -0.1) is 11.3 Å². The third-order valence-corrected chi connectivity index (χ3v) is 5.40. The monoisotopic (exact) mass is 408 g/mol. The van der Waals surface area contributed by atoms with Gasteiger partial charge in [0, 0.05) is 17.1 Å². The summed E-state index contributed by atoms with van der Waals surface area (Å²) in [5.41, 5.74) is 1.87. The second kappa shape index (κ2) is 8.05. The van der Waals surface area contributed by atoms with Crippen molar-refractivity contribution in [3.63, 3.8) is 0 Å². The van der Waals surface area contributed by atoms with Gasteiger partial charge in [0.25, 0.3) is 0 Å². The number of rotatable bonds is 6. The van der Waals surface area contributed by atoms with Crippen molar-refractivity contribution in [1.82, 2.24) is 9.38 Å². The van der Waals surface area contributed by atoms with E-state index in [0.717, 1.165) is 16.3 Å². The van der Waals surface area contributed by atoms with Crippen LogP contribution in [0.2, 0.25) is 0 Å². The number of imidazole rings is 1. The quantitative estimate of drug-likeness (QED) is 0.349. The van der Waals surface area contributed by atoms with Gasteiger partial charge in [0.1, 0.15) is 0 Å². The molecule has 0 saturated carbocycles. The van der Waals surface area contributed by atoms with E-state index in [1.807, 2.05) is 47.8 Å². The number of hydrogen-bond acceptors (Lipinski definition) is 6. The zero-order valence-corrected chi connectivity index (χ0v) is 16.9. The van der Waals surface area contributed by atoms with Gasteiger partial charge in [0.15, 0.2) is 10.9 Å². The Bertz CT molecular complexity index is 1180. The molecule has 0 fully saturated rings. The first-order valence-corrected chi connectivity index (χ1v) is 10.3. The number of benzene rings is 2. The fraction of sp³-hybridized carbons (Fsp3) is 0.227. The van der Waals surface area contributed by atoms with Gasteiger partial charge >= 0.3 is 11.9 Å². The molecule has 4 rings (SSSR count). The summed E-state index contributed by atoms with van der Waals surface area (Å²) in [6, 6.07) is 14.0. The molecule has 4 aromatic rings. The van der Waals surface area contributed by atoms with E-state index in [-0.39, 0.29) is 13.2 Å². The zero-order chi connectivity index (χ0) is 20.4. The standard InChI is InChI=1S/C22H20N2O4S/c1-3-27-20(25)17(21(26)28-4-2)19-18(23-22-24(19)11-12-29-22)16-10-9-14-7-5-6-8-15(14)13-16/h5-13,17H,3-4H2,1-2H3. The van der Waals surface area contributed by atoms with Crippen LogP contribution in [0.4, 0.5) is 0 Å². The number of nitrogens with zero attached hydrogens (tertiary/aromatic N) is 2. The molecule has 2 aromatic carbocycles. The molecule has 29 heavy (non-hydrogen) atoms. The zero-order valence-electron chi connectivity index (χ0n) is 16.1. The lowest BCUT2D eigenvalue weighted by Gasteiger charge is -2.16. The van der Waals surface area contributed by atoms with E-state index in [0.29, 0.717) is 16.3 Å². The maximum atomic E-state index is 12.8. The summed E-state index contributed by atoms with van der Waals surface area (Å²) in [6.45, 7) is 3.76. The Labute approximate surface area is 171 Å². The summed E-state index contributed by atoms with van der Waals surface area (Å²) in [4.78, 5) is 30.9. The molecule has 7 heteroatoms. The first-order valence-electron chi connectivity index (χ1n) is 9.42. The maximum Gasteiger partial charge on any atom is 0.326 e. The Morgan fingerprint density at radius 2 is 1.72 bits per heavy atom. The number of aromatic nitrogens is 2. The first kappa shape index (κ1) is 19.1. The van der Waals surface area contributed by atoms with Crippen molar-refractivity contribution >= 4 is 39.0 Å². The fourth-order valence-corrected chi connectivity index (χ4v) is 4.12. The van der Waals surface area contributed by atoms with E-state index >= 15 is 0 Å². The molecule has 2 aromatic heterocycles. The molecule has 0 saturated heterocycles. The second-order valence-electron chi connectivity index (χ2n) is 6.40. The average Bonchev–Trinajstić information content (AvgIpc) is 3.31. The molecule has 0 radical (unpaired) electrons. The minimum absolute atomic E-state index is 0.172. The van der Waals surface area contributed by atoms with Gasteiger partial charge in [-0.1, -0.05) is 36.4 Å². The third-order valence-electron chi connectivity index (χ3n) is 4.64. The molecule has 2 heterocycles. The second-order valence-corrected chi connectivity index (χ2v) is 7.27. The predicted molar refractivity (Wildman–Crippen MR) is 112 cm³/mol. The van der Waals surface area contributed by atoms with E-state index in [9.17, 15) is 9.59 Å². The number of carbonyl (C=O) groups excluding carboxylic acids is 2. The minimum Gasteiger partial charge on any atom is -0.465 e. The Balaban J connectivity index is 1.93. The molecule has 0 unspecified atom stereocenters. The van der Waals surface area contributed by atoms with Crippen LogP contribution < -0.4 is 0 Å². The lowest BCUT2D eigenvalue weighted by molar-refractivity contribution is -0.157. The van der Waals surface area contributed by atoms with Crippen molar-refractivity contribution in [2.24, 2.45) is 0 Å². The molecule has 0 aliphatic carbocycles. The number of carbonyl (C=O) groups is 2. The van der Waals surface area contributed by atoms with Crippen LogP contribution in [0.15, 0.2) is 54.0 Å².